The minimum Gasteiger partial charge on any atom is -0.457 e. The number of rotatable bonds is 5. The first-order valence-corrected chi connectivity index (χ1v) is 12.7. The minimum atomic E-state index is -0.329. The predicted octanol–water partition coefficient (Wildman–Crippen LogP) is 5.69. The highest BCUT2D eigenvalue weighted by atomic mass is 32.1. The Morgan fingerprint density at radius 2 is 1.97 bits per heavy atom. The maximum Gasteiger partial charge on any atom is 0.331 e. The van der Waals surface area contributed by atoms with Crippen LogP contribution in [0.4, 0.5) is 21.9 Å². The van der Waals surface area contributed by atoms with Crippen LogP contribution in [-0.2, 0) is 0 Å². The van der Waals surface area contributed by atoms with Crippen molar-refractivity contribution in [1.82, 2.24) is 10.3 Å². The van der Waals surface area contributed by atoms with Crippen LogP contribution in [0.1, 0.15) is 34.5 Å². The number of hydrogen-bond acceptors (Lipinski definition) is 6. The summed E-state index contributed by atoms with van der Waals surface area (Å²) >= 11 is 1.29. The van der Waals surface area contributed by atoms with Crippen LogP contribution in [0.15, 0.2) is 60.8 Å². The van der Waals surface area contributed by atoms with Gasteiger partial charge in [-0.1, -0.05) is 18.2 Å². The van der Waals surface area contributed by atoms with Crippen LogP contribution in [0.3, 0.4) is 0 Å². The van der Waals surface area contributed by atoms with Crippen molar-refractivity contribution in [2.45, 2.75) is 38.3 Å². The highest BCUT2D eigenvalue weighted by Gasteiger charge is 2.34. The molecule has 9 heteroatoms. The summed E-state index contributed by atoms with van der Waals surface area (Å²) < 4.78 is 5.95. The van der Waals surface area contributed by atoms with Crippen molar-refractivity contribution >= 4 is 50.6 Å². The van der Waals surface area contributed by atoms with Gasteiger partial charge in [-0.2, -0.15) is 0 Å². The number of ether oxygens (including phenoxy) is 1. The molecule has 2 aromatic carbocycles. The minimum absolute atomic E-state index is 0.0485. The fourth-order valence-corrected chi connectivity index (χ4v) is 5.97. The number of carbonyl (C=O) groups is 2. The number of aryl methyl sites for hydroxylation is 1. The van der Waals surface area contributed by atoms with Crippen molar-refractivity contribution in [3.8, 4) is 11.5 Å². The number of nitrogens with zero attached hydrogens (tertiary/aromatic N) is 2. The van der Waals surface area contributed by atoms with E-state index in [4.69, 9.17) is 10.5 Å². The number of urea groups is 1. The molecule has 3 heterocycles. The Morgan fingerprint density at radius 3 is 2.72 bits per heavy atom. The standard InChI is InChI=1S/C27H25N5O3S/c1-15-13-19(35-18-5-3-2-4-6-18)9-10-20(15)32-21-11-12-29-26-22(21)23(31-27(32)34)24(36-26)25(33)30-17-8-7-16(28)14-17/h2-6,9-13,16-17H,7-8,14,28H2,1H3,(H,30,33)(H,31,34)/t16-,17?/m1/s1. The monoisotopic (exact) mass is 499 g/mol. The zero-order valence-corrected chi connectivity index (χ0v) is 20.5. The molecule has 3 amide bonds. The molecule has 182 valence electrons. The van der Waals surface area contributed by atoms with Crippen molar-refractivity contribution in [2.75, 3.05) is 10.2 Å². The quantitative estimate of drug-likeness (QED) is 0.327. The van der Waals surface area contributed by atoms with E-state index >= 15 is 0 Å². The van der Waals surface area contributed by atoms with E-state index in [1.807, 2.05) is 61.5 Å². The SMILES string of the molecule is Cc1cc(Oc2ccccc2)ccc1N1C(=O)Nc2c(C(=O)NC3CC[C@@H](N)C3)sc3nccc1c23. The Balaban J connectivity index is 1.34. The molecule has 4 aromatic rings. The number of aromatic nitrogens is 1. The normalized spacial score (nSPS) is 18.8. The molecule has 1 saturated carbocycles. The number of nitrogens with one attached hydrogen (secondary N) is 2. The maximum atomic E-state index is 13.4. The van der Waals surface area contributed by atoms with Crippen molar-refractivity contribution in [2.24, 2.45) is 5.73 Å². The number of amides is 3. The highest BCUT2D eigenvalue weighted by Crippen LogP contribution is 2.46. The summed E-state index contributed by atoms with van der Waals surface area (Å²) in [5.41, 5.74) is 8.81. The molecule has 2 aliphatic rings. The number of nitrogens with two attached hydrogens (primary N) is 1. The molecule has 2 atom stereocenters. The summed E-state index contributed by atoms with van der Waals surface area (Å²) in [7, 11) is 0. The molecule has 36 heavy (non-hydrogen) atoms. The van der Waals surface area contributed by atoms with Gasteiger partial charge in [-0.25, -0.2) is 9.78 Å². The Bertz CT molecular complexity index is 1490. The number of pyridine rings is 1. The molecule has 1 fully saturated rings. The molecule has 2 aromatic heterocycles. The third-order valence-electron chi connectivity index (χ3n) is 6.65. The molecule has 1 aliphatic carbocycles. The van der Waals surface area contributed by atoms with Crippen LogP contribution in [0.5, 0.6) is 11.5 Å². The molecule has 6 rings (SSSR count). The third kappa shape index (κ3) is 3.96. The van der Waals surface area contributed by atoms with E-state index in [-0.39, 0.29) is 24.0 Å². The Morgan fingerprint density at radius 1 is 1.14 bits per heavy atom. The van der Waals surface area contributed by atoms with Crippen LogP contribution in [0.25, 0.3) is 10.2 Å². The van der Waals surface area contributed by atoms with Crippen LogP contribution in [-0.4, -0.2) is 29.0 Å². The van der Waals surface area contributed by atoms with E-state index in [0.717, 1.165) is 41.6 Å². The average Bonchev–Trinajstić information content (AvgIpc) is 3.44. The molecule has 0 spiro atoms. The average molecular weight is 500 g/mol. The van der Waals surface area contributed by atoms with E-state index in [0.29, 0.717) is 26.8 Å². The van der Waals surface area contributed by atoms with Gasteiger partial charge in [-0.15, -0.1) is 11.3 Å². The lowest BCUT2D eigenvalue weighted by molar-refractivity contribution is 0.0942. The van der Waals surface area contributed by atoms with E-state index in [1.165, 1.54) is 11.3 Å². The van der Waals surface area contributed by atoms with E-state index in [1.54, 1.807) is 11.1 Å². The fraction of sp³-hybridized carbons (Fsp3) is 0.222. The van der Waals surface area contributed by atoms with Crippen LogP contribution < -0.4 is 26.0 Å². The molecule has 4 N–H and O–H groups in total. The van der Waals surface area contributed by atoms with Gasteiger partial charge in [-0.3, -0.25) is 9.69 Å². The lowest BCUT2D eigenvalue weighted by Gasteiger charge is -2.29. The van der Waals surface area contributed by atoms with Crippen molar-refractivity contribution in [3.63, 3.8) is 0 Å². The summed E-state index contributed by atoms with van der Waals surface area (Å²) in [6.07, 6.45) is 4.19. The van der Waals surface area contributed by atoms with E-state index < -0.39 is 0 Å². The molecule has 1 aliphatic heterocycles. The molecule has 0 radical (unpaired) electrons. The van der Waals surface area contributed by atoms with Crippen LogP contribution in [0.2, 0.25) is 0 Å². The van der Waals surface area contributed by atoms with Crippen LogP contribution in [0, 0.1) is 6.92 Å². The van der Waals surface area contributed by atoms with E-state index in [9.17, 15) is 9.59 Å². The number of hydrogen-bond donors (Lipinski definition) is 3. The van der Waals surface area contributed by atoms with Crippen molar-refractivity contribution in [1.29, 1.82) is 0 Å². The van der Waals surface area contributed by atoms with Crippen molar-refractivity contribution in [3.05, 3.63) is 71.2 Å². The first-order valence-electron chi connectivity index (χ1n) is 11.9. The number of carbonyl (C=O) groups excluding carboxylic acids is 2. The lowest BCUT2D eigenvalue weighted by atomic mass is 10.1. The lowest BCUT2D eigenvalue weighted by Crippen LogP contribution is -2.36. The highest BCUT2D eigenvalue weighted by molar-refractivity contribution is 7.21. The molecule has 1 unspecified atom stereocenters. The zero-order valence-electron chi connectivity index (χ0n) is 19.7. The third-order valence-corrected chi connectivity index (χ3v) is 7.75. The fourth-order valence-electron chi connectivity index (χ4n) is 4.95. The molecular formula is C27H25N5O3S. The largest absolute Gasteiger partial charge is 0.457 e. The second-order valence-electron chi connectivity index (χ2n) is 9.19. The smallest absolute Gasteiger partial charge is 0.331 e. The summed E-state index contributed by atoms with van der Waals surface area (Å²) in [5, 5.41) is 6.80. The van der Waals surface area contributed by atoms with Gasteiger partial charge in [0.05, 0.1) is 22.4 Å². The Hall–Kier alpha value is -3.95. The Kier molecular flexibility index (Phi) is 5.58. The van der Waals surface area contributed by atoms with Gasteiger partial charge < -0.3 is 21.1 Å². The number of para-hydroxylation sites is 1. The molecular weight excluding hydrogens is 474 g/mol. The van der Waals surface area contributed by atoms with E-state index in [2.05, 4.69) is 15.6 Å². The molecule has 8 nitrogen and oxygen atoms in total. The zero-order chi connectivity index (χ0) is 24.8. The topological polar surface area (TPSA) is 110 Å². The summed E-state index contributed by atoms with van der Waals surface area (Å²) in [5.74, 6) is 1.22. The van der Waals surface area contributed by atoms with Gasteiger partial charge in [0, 0.05) is 18.3 Å². The van der Waals surface area contributed by atoms with Crippen molar-refractivity contribution < 1.29 is 14.3 Å². The van der Waals surface area contributed by atoms with Gasteiger partial charge >= 0.3 is 6.03 Å². The molecule has 0 bridgehead atoms. The van der Waals surface area contributed by atoms with Gasteiger partial charge in [-0.05, 0) is 68.1 Å². The van der Waals surface area contributed by atoms with Crippen LogP contribution >= 0.6 is 11.3 Å². The number of benzene rings is 2. The van der Waals surface area contributed by atoms with Gasteiger partial charge in [0.2, 0.25) is 0 Å². The second-order valence-corrected chi connectivity index (χ2v) is 10.2. The number of anilines is 3. The molecule has 0 saturated heterocycles. The maximum absolute atomic E-state index is 13.4. The summed E-state index contributed by atoms with van der Waals surface area (Å²) in [6.45, 7) is 1.94. The van der Waals surface area contributed by atoms with Gasteiger partial charge in [0.15, 0.2) is 0 Å². The number of thiophene rings is 1. The summed E-state index contributed by atoms with van der Waals surface area (Å²) in [4.78, 5) is 33.8. The predicted molar refractivity (Wildman–Crippen MR) is 142 cm³/mol. The second kappa shape index (κ2) is 8.92. The Labute approximate surface area is 212 Å². The first kappa shape index (κ1) is 22.5. The van der Waals surface area contributed by atoms with Gasteiger partial charge in [0.25, 0.3) is 5.91 Å². The van der Waals surface area contributed by atoms with Gasteiger partial charge in [0.1, 0.15) is 21.2 Å². The summed E-state index contributed by atoms with van der Waals surface area (Å²) in [6, 6.07) is 16.8. The first-order chi connectivity index (χ1) is 17.5.